The molecular weight excluding hydrogens is 430 g/mol. The number of aryl methyl sites for hydroxylation is 1. The van der Waals surface area contributed by atoms with Crippen molar-refractivity contribution in [2.75, 3.05) is 11.9 Å². The van der Waals surface area contributed by atoms with Crippen LogP contribution in [0.5, 0.6) is 0 Å². The summed E-state index contributed by atoms with van der Waals surface area (Å²) in [6, 6.07) is 8.36. The number of aromatic nitrogens is 3. The van der Waals surface area contributed by atoms with Crippen molar-refractivity contribution in [2.45, 2.75) is 44.8 Å². The first-order chi connectivity index (χ1) is 16.2. The van der Waals surface area contributed by atoms with E-state index in [1.54, 1.807) is 50.6 Å². The average Bonchev–Trinajstić information content (AvgIpc) is 3.24. The van der Waals surface area contributed by atoms with Gasteiger partial charge in [0.15, 0.2) is 0 Å². The first kappa shape index (κ1) is 23.2. The van der Waals surface area contributed by atoms with Gasteiger partial charge in [-0.05, 0) is 67.6 Å². The van der Waals surface area contributed by atoms with Crippen molar-refractivity contribution in [2.24, 2.45) is 0 Å². The standard InChI is InChI=1S/C26H27N5O3/c1-26(2,34)11-8-18-4-5-21-6-7-22(24(32)30(3)23(21)15-18)29-25(33)31-17-20(16-28-31)14-19-9-12-27-13-10-19/h4-5,9-10,12-13,15-17,22,34H,6-7,14H2,1-3H3,(H,29,33)/t22-/m1/s1. The fourth-order valence-corrected chi connectivity index (χ4v) is 3.81. The molecule has 8 nitrogen and oxygen atoms in total. The zero-order valence-corrected chi connectivity index (χ0v) is 19.4. The van der Waals surface area contributed by atoms with E-state index in [2.05, 4.69) is 27.2 Å². The number of anilines is 1. The molecule has 3 heterocycles. The molecule has 0 spiro atoms. The van der Waals surface area contributed by atoms with Gasteiger partial charge in [-0.1, -0.05) is 17.9 Å². The molecule has 174 valence electrons. The fraction of sp³-hybridized carbons (Fsp3) is 0.308. The van der Waals surface area contributed by atoms with Crippen LogP contribution in [0.2, 0.25) is 0 Å². The SMILES string of the molecule is CN1C(=O)[C@H](NC(=O)n2cc(Cc3ccncc3)cn2)CCc2ccc(C#CC(C)(C)O)cc21. The lowest BCUT2D eigenvalue weighted by atomic mass is 10.0. The highest BCUT2D eigenvalue weighted by atomic mass is 16.3. The Balaban J connectivity index is 1.46. The van der Waals surface area contributed by atoms with Gasteiger partial charge in [0.2, 0.25) is 5.91 Å². The topological polar surface area (TPSA) is 100 Å². The van der Waals surface area contributed by atoms with Crippen molar-refractivity contribution in [3.8, 4) is 11.8 Å². The van der Waals surface area contributed by atoms with Gasteiger partial charge in [-0.3, -0.25) is 9.78 Å². The first-order valence-electron chi connectivity index (χ1n) is 11.1. The van der Waals surface area contributed by atoms with Crippen molar-refractivity contribution in [3.63, 3.8) is 0 Å². The maximum absolute atomic E-state index is 13.1. The van der Waals surface area contributed by atoms with Gasteiger partial charge in [0.05, 0.1) is 6.20 Å². The normalized spacial score (nSPS) is 15.7. The average molecular weight is 458 g/mol. The molecule has 2 aromatic heterocycles. The van der Waals surface area contributed by atoms with E-state index >= 15 is 0 Å². The van der Waals surface area contributed by atoms with Gasteiger partial charge in [0.1, 0.15) is 11.6 Å². The molecule has 3 aromatic rings. The lowest BCUT2D eigenvalue weighted by Crippen LogP contribution is -2.48. The maximum Gasteiger partial charge on any atom is 0.342 e. The highest BCUT2D eigenvalue weighted by molar-refractivity contribution is 6.00. The van der Waals surface area contributed by atoms with E-state index in [1.165, 1.54) is 4.68 Å². The van der Waals surface area contributed by atoms with Crippen molar-refractivity contribution < 1.29 is 14.7 Å². The van der Waals surface area contributed by atoms with Crippen LogP contribution in [0.1, 0.15) is 42.5 Å². The van der Waals surface area contributed by atoms with Gasteiger partial charge in [0.25, 0.3) is 0 Å². The Morgan fingerprint density at radius 3 is 2.74 bits per heavy atom. The number of likely N-dealkylation sites (N-methyl/N-ethyl adjacent to an activating group) is 1. The second-order valence-electron chi connectivity index (χ2n) is 8.92. The fourth-order valence-electron chi connectivity index (χ4n) is 3.81. The number of aliphatic hydroxyl groups is 1. The molecule has 0 bridgehead atoms. The smallest absolute Gasteiger partial charge is 0.342 e. The van der Waals surface area contributed by atoms with E-state index in [9.17, 15) is 14.7 Å². The first-order valence-corrected chi connectivity index (χ1v) is 11.1. The highest BCUT2D eigenvalue weighted by Gasteiger charge is 2.30. The Morgan fingerprint density at radius 2 is 2.00 bits per heavy atom. The Kier molecular flexibility index (Phi) is 6.48. The number of carbonyl (C=O) groups is 2. The van der Waals surface area contributed by atoms with E-state index in [0.29, 0.717) is 24.8 Å². The van der Waals surface area contributed by atoms with Crippen LogP contribution in [0.4, 0.5) is 10.5 Å². The van der Waals surface area contributed by atoms with Gasteiger partial charge in [-0.25, -0.2) is 4.79 Å². The van der Waals surface area contributed by atoms with E-state index in [4.69, 9.17) is 0 Å². The summed E-state index contributed by atoms with van der Waals surface area (Å²) in [4.78, 5) is 31.5. The number of pyridine rings is 1. The summed E-state index contributed by atoms with van der Waals surface area (Å²) in [5, 5.41) is 16.8. The molecule has 1 aromatic carbocycles. The molecule has 8 heteroatoms. The van der Waals surface area contributed by atoms with Gasteiger partial charge in [0, 0.05) is 43.3 Å². The predicted molar refractivity (Wildman–Crippen MR) is 128 cm³/mol. The van der Waals surface area contributed by atoms with Gasteiger partial charge in [-0.2, -0.15) is 9.78 Å². The predicted octanol–water partition coefficient (Wildman–Crippen LogP) is 2.53. The van der Waals surface area contributed by atoms with E-state index < -0.39 is 17.7 Å². The monoisotopic (exact) mass is 457 g/mol. The minimum absolute atomic E-state index is 0.205. The third-order valence-corrected chi connectivity index (χ3v) is 5.59. The Bertz CT molecular complexity index is 1260. The molecule has 0 fully saturated rings. The van der Waals surface area contributed by atoms with Crippen LogP contribution in [0.3, 0.4) is 0 Å². The van der Waals surface area contributed by atoms with Crippen molar-refractivity contribution in [3.05, 3.63) is 77.4 Å². The summed E-state index contributed by atoms with van der Waals surface area (Å²) < 4.78 is 1.23. The number of nitrogens with one attached hydrogen (secondary N) is 1. The van der Waals surface area contributed by atoms with Crippen LogP contribution < -0.4 is 10.2 Å². The zero-order valence-electron chi connectivity index (χ0n) is 19.4. The van der Waals surface area contributed by atoms with Crippen molar-refractivity contribution in [1.29, 1.82) is 0 Å². The molecule has 1 aliphatic heterocycles. The van der Waals surface area contributed by atoms with Gasteiger partial charge < -0.3 is 15.3 Å². The number of nitrogens with zero attached hydrogens (tertiary/aromatic N) is 4. The summed E-state index contributed by atoms with van der Waals surface area (Å²) >= 11 is 0. The highest BCUT2D eigenvalue weighted by Crippen LogP contribution is 2.27. The largest absolute Gasteiger partial charge is 0.378 e. The summed E-state index contributed by atoms with van der Waals surface area (Å²) in [6.45, 7) is 3.24. The molecule has 0 aliphatic carbocycles. The van der Waals surface area contributed by atoms with Crippen LogP contribution in [0, 0.1) is 11.8 Å². The number of benzene rings is 1. The van der Waals surface area contributed by atoms with Crippen LogP contribution >= 0.6 is 0 Å². The number of hydrogen-bond acceptors (Lipinski definition) is 5. The Labute approximate surface area is 198 Å². The Morgan fingerprint density at radius 1 is 1.24 bits per heavy atom. The molecule has 4 rings (SSSR count). The van der Waals surface area contributed by atoms with Crippen LogP contribution in [-0.4, -0.2) is 50.5 Å². The molecule has 0 radical (unpaired) electrons. The molecule has 1 aliphatic rings. The second kappa shape index (κ2) is 9.49. The van der Waals surface area contributed by atoms with E-state index in [0.717, 1.165) is 22.4 Å². The summed E-state index contributed by atoms with van der Waals surface area (Å²) in [5.74, 6) is 5.54. The number of hydrogen-bond donors (Lipinski definition) is 2. The van der Waals surface area contributed by atoms with Crippen molar-refractivity contribution >= 4 is 17.6 Å². The minimum Gasteiger partial charge on any atom is -0.378 e. The summed E-state index contributed by atoms with van der Waals surface area (Å²) in [6.07, 6.45) is 8.50. The van der Waals surface area contributed by atoms with E-state index in [-0.39, 0.29) is 5.91 Å². The molecule has 2 amide bonds. The lowest BCUT2D eigenvalue weighted by Gasteiger charge is -2.22. The van der Waals surface area contributed by atoms with Gasteiger partial charge >= 0.3 is 6.03 Å². The molecule has 0 saturated carbocycles. The van der Waals surface area contributed by atoms with Gasteiger partial charge in [-0.15, -0.1) is 0 Å². The summed E-state index contributed by atoms with van der Waals surface area (Å²) in [5.41, 5.74) is 3.32. The molecule has 2 N–H and O–H groups in total. The second-order valence-corrected chi connectivity index (χ2v) is 8.92. The molecule has 34 heavy (non-hydrogen) atoms. The number of rotatable bonds is 3. The van der Waals surface area contributed by atoms with Crippen LogP contribution in [-0.2, 0) is 17.6 Å². The third-order valence-electron chi connectivity index (χ3n) is 5.59. The number of amides is 2. The molecular formula is C26H27N5O3. The van der Waals surface area contributed by atoms with Crippen LogP contribution in [0.15, 0.2) is 55.1 Å². The van der Waals surface area contributed by atoms with Crippen molar-refractivity contribution in [1.82, 2.24) is 20.1 Å². The number of fused-ring (bicyclic) bond motifs is 1. The maximum atomic E-state index is 13.1. The Hall–Kier alpha value is -3.96. The number of carbonyl (C=O) groups excluding carboxylic acids is 2. The molecule has 0 unspecified atom stereocenters. The van der Waals surface area contributed by atoms with Crippen LogP contribution in [0.25, 0.3) is 0 Å². The van der Waals surface area contributed by atoms with E-state index in [1.807, 2.05) is 30.3 Å². The quantitative estimate of drug-likeness (QED) is 0.589. The molecule has 1 atom stereocenters. The third kappa shape index (κ3) is 5.50. The summed E-state index contributed by atoms with van der Waals surface area (Å²) in [7, 11) is 1.69. The lowest BCUT2D eigenvalue weighted by molar-refractivity contribution is -0.120. The molecule has 0 saturated heterocycles. The zero-order chi connectivity index (χ0) is 24.3. The minimum atomic E-state index is -1.10.